The predicted molar refractivity (Wildman–Crippen MR) is 167 cm³/mol. The molecule has 1 saturated heterocycles. The molecule has 2 aromatic carbocycles. The molecule has 2 N–H and O–H groups in total. The number of carboxylic acids is 1. The molecule has 0 spiro atoms. The normalized spacial score (nSPS) is 17.7. The molecule has 1 fully saturated rings. The van der Waals surface area contributed by atoms with Gasteiger partial charge in [0.1, 0.15) is 0 Å². The monoisotopic (exact) mass is 642 g/mol. The molecule has 1 aliphatic carbocycles. The summed E-state index contributed by atoms with van der Waals surface area (Å²) in [6.45, 7) is 1.34. The van der Waals surface area contributed by atoms with E-state index in [4.69, 9.17) is 33.4 Å². The van der Waals surface area contributed by atoms with E-state index in [1.165, 1.54) is 0 Å². The largest absolute Gasteiger partial charge is 0.481 e. The van der Waals surface area contributed by atoms with Crippen molar-refractivity contribution in [3.05, 3.63) is 99.7 Å². The van der Waals surface area contributed by atoms with Gasteiger partial charge < -0.3 is 10.4 Å². The average molecular weight is 644 g/mol. The second kappa shape index (κ2) is 13.5. The maximum atomic E-state index is 13.3. The van der Waals surface area contributed by atoms with Gasteiger partial charge >= 0.3 is 5.97 Å². The third-order valence-electron chi connectivity index (χ3n) is 7.70. The highest BCUT2D eigenvalue weighted by Gasteiger charge is 2.34. The zero-order valence-corrected chi connectivity index (χ0v) is 25.7. The Morgan fingerprint density at radius 3 is 2.33 bits per heavy atom. The summed E-state index contributed by atoms with van der Waals surface area (Å²) < 4.78 is 30.0. The minimum Gasteiger partial charge on any atom is -0.481 e. The van der Waals surface area contributed by atoms with Crippen molar-refractivity contribution in [2.24, 2.45) is 0 Å². The summed E-state index contributed by atoms with van der Waals surface area (Å²) >= 11 is 12.6. The van der Waals surface area contributed by atoms with E-state index in [9.17, 15) is 18.0 Å². The molecule has 2 heterocycles. The zero-order chi connectivity index (χ0) is 30.6. The summed E-state index contributed by atoms with van der Waals surface area (Å²) in [6, 6.07) is 14.4. The van der Waals surface area contributed by atoms with Gasteiger partial charge in [0.2, 0.25) is 10.0 Å². The quantitative estimate of drug-likeness (QED) is 0.301. The first-order valence-corrected chi connectivity index (χ1v) is 16.3. The highest BCUT2D eigenvalue weighted by atomic mass is 35.5. The second-order valence-electron chi connectivity index (χ2n) is 10.7. The molecular formula is C31H32Cl2N4O5S. The fourth-order valence-electron chi connectivity index (χ4n) is 5.43. The molecular weight excluding hydrogens is 611 g/mol. The van der Waals surface area contributed by atoms with Gasteiger partial charge in [-0.2, -0.15) is 5.10 Å². The van der Waals surface area contributed by atoms with Crippen molar-refractivity contribution in [1.29, 1.82) is 0 Å². The number of nitrogens with one attached hydrogen (secondary N) is 1. The molecule has 3 aromatic rings. The third kappa shape index (κ3) is 7.56. The van der Waals surface area contributed by atoms with E-state index in [-0.39, 0.29) is 24.8 Å². The van der Waals surface area contributed by atoms with E-state index in [1.54, 1.807) is 34.7 Å². The van der Waals surface area contributed by atoms with Crippen LogP contribution in [0.3, 0.4) is 0 Å². The van der Waals surface area contributed by atoms with E-state index in [2.05, 4.69) is 5.32 Å². The van der Waals surface area contributed by atoms with Crippen molar-refractivity contribution in [2.45, 2.75) is 43.4 Å². The Morgan fingerprint density at radius 1 is 1.00 bits per heavy atom. The molecule has 5 rings (SSSR count). The summed E-state index contributed by atoms with van der Waals surface area (Å²) in [5.41, 5.74) is 3.82. The molecule has 0 radical (unpaired) electrons. The number of carbonyl (C=O) groups is 2. The number of carboxylic acid groups (broad SMARTS) is 1. The molecule has 1 atom stereocenters. The number of carbonyl (C=O) groups excluding carboxylic acids is 1. The molecule has 43 heavy (non-hydrogen) atoms. The standard InChI is InChI=1S/C31H32Cl2N4O5S/c32-25-16-24(17-26(33)18-25)28-19-29(22-11-14-36(15-12-22)43(41,42)27-4-2-1-3-5-27)37(35-28)20-21-6-8-23(9-7-21)31(40)34-13-10-30(38)39/h1-4,6-9,16-19,22,27H,5,10-15,20H2,(H,34,40)(H,38,39). The van der Waals surface area contributed by atoms with Crippen LogP contribution in [0.4, 0.5) is 0 Å². The first kappa shape index (κ1) is 31.0. The summed E-state index contributed by atoms with van der Waals surface area (Å²) in [6.07, 6.45) is 8.95. The molecule has 1 unspecified atom stereocenters. The average Bonchev–Trinajstić information content (AvgIpc) is 3.41. The van der Waals surface area contributed by atoms with Crippen molar-refractivity contribution in [3.8, 4) is 11.3 Å². The van der Waals surface area contributed by atoms with Crippen LogP contribution < -0.4 is 5.32 Å². The lowest BCUT2D eigenvalue weighted by Crippen LogP contribution is -2.43. The van der Waals surface area contributed by atoms with Crippen LogP contribution in [0, 0.1) is 0 Å². The van der Waals surface area contributed by atoms with Crippen LogP contribution >= 0.6 is 23.2 Å². The smallest absolute Gasteiger partial charge is 0.305 e. The number of benzene rings is 2. The molecule has 0 bridgehead atoms. The van der Waals surface area contributed by atoms with Crippen molar-refractivity contribution in [3.63, 3.8) is 0 Å². The van der Waals surface area contributed by atoms with Gasteiger partial charge in [-0.15, -0.1) is 0 Å². The molecule has 0 saturated carbocycles. The fourth-order valence-corrected chi connectivity index (χ4v) is 7.70. The van der Waals surface area contributed by atoms with Gasteiger partial charge in [-0.05, 0) is 61.2 Å². The van der Waals surface area contributed by atoms with E-state index in [0.29, 0.717) is 60.2 Å². The molecule has 1 aliphatic heterocycles. The van der Waals surface area contributed by atoms with Crippen molar-refractivity contribution < 1.29 is 23.1 Å². The highest BCUT2D eigenvalue weighted by molar-refractivity contribution is 7.89. The summed E-state index contributed by atoms with van der Waals surface area (Å²) in [4.78, 5) is 23.1. The minimum atomic E-state index is -3.44. The molecule has 1 amide bonds. The van der Waals surface area contributed by atoms with Gasteiger partial charge in [-0.25, -0.2) is 12.7 Å². The van der Waals surface area contributed by atoms with Crippen molar-refractivity contribution in [2.75, 3.05) is 19.6 Å². The number of amides is 1. The van der Waals surface area contributed by atoms with Gasteiger partial charge in [-0.1, -0.05) is 59.6 Å². The van der Waals surface area contributed by atoms with Crippen molar-refractivity contribution >= 4 is 45.1 Å². The molecule has 9 nitrogen and oxygen atoms in total. The van der Waals surface area contributed by atoms with Gasteiger partial charge in [-0.3, -0.25) is 14.3 Å². The van der Waals surface area contributed by atoms with Crippen LogP contribution in [0.5, 0.6) is 0 Å². The first-order valence-electron chi connectivity index (χ1n) is 14.1. The Kier molecular flexibility index (Phi) is 9.71. The number of sulfonamides is 1. The van der Waals surface area contributed by atoms with Crippen LogP contribution in [-0.4, -0.2) is 64.4 Å². The number of aromatic nitrogens is 2. The zero-order valence-electron chi connectivity index (χ0n) is 23.3. The highest BCUT2D eigenvalue weighted by Crippen LogP contribution is 2.35. The Balaban J connectivity index is 1.36. The topological polar surface area (TPSA) is 122 Å². The lowest BCUT2D eigenvalue weighted by Gasteiger charge is -2.33. The number of allylic oxidation sites excluding steroid dienone is 3. The van der Waals surface area contributed by atoms with Crippen LogP contribution in [0.15, 0.2) is 72.8 Å². The minimum absolute atomic E-state index is 0.0530. The molecule has 1 aromatic heterocycles. The van der Waals surface area contributed by atoms with E-state index in [0.717, 1.165) is 16.8 Å². The van der Waals surface area contributed by atoms with Gasteiger partial charge in [0, 0.05) is 52.4 Å². The Hall–Kier alpha value is -3.44. The molecule has 2 aliphatic rings. The number of rotatable bonds is 10. The summed E-state index contributed by atoms with van der Waals surface area (Å²) in [7, 11) is -3.44. The van der Waals surface area contributed by atoms with Crippen LogP contribution in [0.2, 0.25) is 10.0 Å². The predicted octanol–water partition coefficient (Wildman–Crippen LogP) is 5.50. The lowest BCUT2D eigenvalue weighted by molar-refractivity contribution is -0.136. The summed E-state index contributed by atoms with van der Waals surface area (Å²) in [5.74, 6) is -1.23. The summed E-state index contributed by atoms with van der Waals surface area (Å²) in [5, 5.41) is 16.8. The lowest BCUT2D eigenvalue weighted by atomic mass is 9.93. The number of hydrogen-bond acceptors (Lipinski definition) is 5. The molecule has 226 valence electrons. The Morgan fingerprint density at radius 2 is 1.70 bits per heavy atom. The van der Waals surface area contributed by atoms with E-state index < -0.39 is 21.2 Å². The Bertz CT molecular complexity index is 1640. The van der Waals surface area contributed by atoms with Gasteiger partial charge in [0.25, 0.3) is 5.91 Å². The van der Waals surface area contributed by atoms with Crippen LogP contribution in [0.1, 0.15) is 53.2 Å². The second-order valence-corrected chi connectivity index (χ2v) is 13.7. The van der Waals surface area contributed by atoms with Gasteiger partial charge in [0.05, 0.1) is 23.9 Å². The van der Waals surface area contributed by atoms with Crippen molar-refractivity contribution in [1.82, 2.24) is 19.4 Å². The Labute approximate surface area is 260 Å². The van der Waals surface area contributed by atoms with Crippen LogP contribution in [-0.2, 0) is 21.4 Å². The fraction of sp³-hybridized carbons (Fsp3) is 0.323. The van der Waals surface area contributed by atoms with E-state index in [1.807, 2.05) is 47.2 Å². The number of halogens is 2. The maximum Gasteiger partial charge on any atom is 0.305 e. The van der Waals surface area contributed by atoms with E-state index >= 15 is 0 Å². The van der Waals surface area contributed by atoms with Gasteiger partial charge in [0.15, 0.2) is 0 Å². The van der Waals surface area contributed by atoms with Crippen LogP contribution in [0.25, 0.3) is 11.3 Å². The number of piperidine rings is 1. The maximum absolute atomic E-state index is 13.3. The number of aliphatic carboxylic acids is 1. The molecule has 12 heteroatoms. The number of hydrogen-bond donors (Lipinski definition) is 2. The third-order valence-corrected chi connectivity index (χ3v) is 10.3. The first-order chi connectivity index (χ1) is 20.6. The number of nitrogens with zero attached hydrogens (tertiary/aromatic N) is 3. The SMILES string of the molecule is O=C(O)CCNC(=O)c1ccc(Cn2nc(-c3cc(Cl)cc(Cl)c3)cc2C2CCN(S(=O)(=O)C3C=CC=CC3)CC2)cc1.